The second-order valence-corrected chi connectivity index (χ2v) is 5.65. The van der Waals surface area contributed by atoms with Crippen molar-refractivity contribution in [3.8, 4) is 0 Å². The van der Waals surface area contributed by atoms with Crippen LogP contribution in [0, 0.1) is 11.8 Å². The van der Waals surface area contributed by atoms with Crippen molar-refractivity contribution in [2.75, 3.05) is 24.2 Å². The molecule has 100 valence electrons. The maximum atomic E-state index is 9.37. The quantitative estimate of drug-likeness (QED) is 0.792. The number of anilines is 2. The van der Waals surface area contributed by atoms with Crippen LogP contribution in [0.5, 0.6) is 0 Å². The van der Waals surface area contributed by atoms with Crippen LogP contribution >= 0.6 is 15.9 Å². The second kappa shape index (κ2) is 6.33. The molecule has 2 rings (SSSR count). The zero-order chi connectivity index (χ0) is 13.0. The molecular weight excluding hydrogens is 296 g/mol. The first-order valence-electron chi connectivity index (χ1n) is 6.33. The highest BCUT2D eigenvalue weighted by atomic mass is 79.9. The summed E-state index contributed by atoms with van der Waals surface area (Å²) in [5.41, 5.74) is 5.57. The number of aliphatic hydroxyl groups excluding tert-OH is 1. The molecule has 1 aliphatic rings. The van der Waals surface area contributed by atoms with Gasteiger partial charge in [-0.15, -0.1) is 0 Å². The summed E-state index contributed by atoms with van der Waals surface area (Å²) >= 11 is 3.40. The van der Waals surface area contributed by atoms with Crippen LogP contribution in [0.4, 0.5) is 11.8 Å². The van der Waals surface area contributed by atoms with E-state index < -0.39 is 0 Å². The standard InChI is InChI=1S/C12H19BrN4O/c13-10-6-16-12(14)17-11(10)15-5-8-3-1-2-4-9(8)7-18/h6,8-9,18H,1-5,7H2,(H3,14,15,16,17). The average Bonchev–Trinajstić information content (AvgIpc) is 2.40. The Morgan fingerprint density at radius 2 is 2.11 bits per heavy atom. The van der Waals surface area contributed by atoms with Crippen molar-refractivity contribution >= 4 is 27.7 Å². The zero-order valence-electron chi connectivity index (χ0n) is 10.3. The number of aromatic nitrogens is 2. The lowest BCUT2D eigenvalue weighted by atomic mass is 9.79. The first-order valence-corrected chi connectivity index (χ1v) is 7.12. The summed E-state index contributed by atoms with van der Waals surface area (Å²) in [6, 6.07) is 0. The normalized spacial score (nSPS) is 23.9. The fourth-order valence-electron chi connectivity index (χ4n) is 2.53. The highest BCUT2D eigenvalue weighted by Crippen LogP contribution is 2.30. The lowest BCUT2D eigenvalue weighted by Gasteiger charge is -2.30. The molecule has 2 atom stereocenters. The fourth-order valence-corrected chi connectivity index (χ4v) is 2.86. The molecule has 1 saturated carbocycles. The van der Waals surface area contributed by atoms with Gasteiger partial charge >= 0.3 is 0 Å². The third-order valence-electron chi connectivity index (χ3n) is 3.60. The Hall–Kier alpha value is -0.880. The molecule has 6 heteroatoms. The summed E-state index contributed by atoms with van der Waals surface area (Å²) in [5, 5.41) is 12.7. The molecule has 0 aromatic carbocycles. The van der Waals surface area contributed by atoms with Gasteiger partial charge in [-0.05, 0) is 40.6 Å². The minimum absolute atomic E-state index is 0.267. The molecule has 1 heterocycles. The Morgan fingerprint density at radius 3 is 2.83 bits per heavy atom. The van der Waals surface area contributed by atoms with Crippen LogP contribution in [0.2, 0.25) is 0 Å². The molecule has 0 aliphatic heterocycles. The minimum atomic E-state index is 0.267. The first-order chi connectivity index (χ1) is 8.70. The fraction of sp³-hybridized carbons (Fsp3) is 0.667. The van der Waals surface area contributed by atoms with E-state index in [2.05, 4.69) is 31.2 Å². The van der Waals surface area contributed by atoms with Gasteiger partial charge in [0, 0.05) is 19.3 Å². The van der Waals surface area contributed by atoms with E-state index in [1.165, 1.54) is 12.8 Å². The number of nitrogens with zero attached hydrogens (tertiary/aromatic N) is 2. The largest absolute Gasteiger partial charge is 0.396 e. The Labute approximate surface area is 115 Å². The minimum Gasteiger partial charge on any atom is -0.396 e. The summed E-state index contributed by atoms with van der Waals surface area (Å²) in [6.07, 6.45) is 6.41. The van der Waals surface area contributed by atoms with Crippen LogP contribution in [0.1, 0.15) is 25.7 Å². The van der Waals surface area contributed by atoms with E-state index in [4.69, 9.17) is 5.73 Å². The Balaban J connectivity index is 1.95. The van der Waals surface area contributed by atoms with Gasteiger partial charge in [0.2, 0.25) is 5.95 Å². The first kappa shape index (κ1) is 13.5. The van der Waals surface area contributed by atoms with E-state index in [-0.39, 0.29) is 12.6 Å². The molecule has 1 fully saturated rings. The van der Waals surface area contributed by atoms with E-state index in [1.54, 1.807) is 6.20 Å². The number of aliphatic hydroxyl groups is 1. The van der Waals surface area contributed by atoms with Gasteiger partial charge in [0.1, 0.15) is 5.82 Å². The number of hydrogen-bond acceptors (Lipinski definition) is 5. The summed E-state index contributed by atoms with van der Waals surface area (Å²) < 4.78 is 0.813. The van der Waals surface area contributed by atoms with Crippen molar-refractivity contribution in [2.24, 2.45) is 11.8 Å². The van der Waals surface area contributed by atoms with Crippen LogP contribution < -0.4 is 11.1 Å². The lowest BCUT2D eigenvalue weighted by molar-refractivity contribution is 0.141. The summed E-state index contributed by atoms with van der Waals surface area (Å²) in [5.74, 6) is 1.91. The Morgan fingerprint density at radius 1 is 1.39 bits per heavy atom. The number of nitrogens with two attached hydrogens (primary N) is 1. The van der Waals surface area contributed by atoms with E-state index in [0.29, 0.717) is 11.8 Å². The molecule has 0 radical (unpaired) electrons. The van der Waals surface area contributed by atoms with Crippen molar-refractivity contribution in [2.45, 2.75) is 25.7 Å². The van der Waals surface area contributed by atoms with Gasteiger partial charge in [-0.25, -0.2) is 4.98 Å². The number of nitrogen functional groups attached to an aromatic ring is 1. The molecule has 0 saturated heterocycles. The van der Waals surface area contributed by atoms with E-state index in [0.717, 1.165) is 29.7 Å². The second-order valence-electron chi connectivity index (χ2n) is 4.79. The smallest absolute Gasteiger partial charge is 0.221 e. The van der Waals surface area contributed by atoms with Crippen LogP contribution in [-0.4, -0.2) is 28.2 Å². The number of halogens is 1. The third-order valence-corrected chi connectivity index (χ3v) is 4.18. The van der Waals surface area contributed by atoms with Gasteiger partial charge in [-0.1, -0.05) is 12.8 Å². The predicted molar refractivity (Wildman–Crippen MR) is 75.2 cm³/mol. The molecule has 4 N–H and O–H groups in total. The van der Waals surface area contributed by atoms with Gasteiger partial charge < -0.3 is 16.2 Å². The summed E-state index contributed by atoms with van der Waals surface area (Å²) in [7, 11) is 0. The van der Waals surface area contributed by atoms with Crippen molar-refractivity contribution < 1.29 is 5.11 Å². The molecule has 0 bridgehead atoms. The maximum absolute atomic E-state index is 9.37. The molecular formula is C12H19BrN4O. The highest BCUT2D eigenvalue weighted by molar-refractivity contribution is 9.10. The molecule has 1 aromatic rings. The molecule has 0 spiro atoms. The Kier molecular flexibility index (Phi) is 4.77. The van der Waals surface area contributed by atoms with Crippen molar-refractivity contribution in [1.82, 2.24) is 9.97 Å². The van der Waals surface area contributed by atoms with Gasteiger partial charge in [0.15, 0.2) is 0 Å². The van der Waals surface area contributed by atoms with Crippen LogP contribution in [0.15, 0.2) is 10.7 Å². The lowest BCUT2D eigenvalue weighted by Crippen LogP contribution is -2.29. The average molecular weight is 315 g/mol. The van der Waals surface area contributed by atoms with Crippen molar-refractivity contribution in [3.05, 3.63) is 10.7 Å². The maximum Gasteiger partial charge on any atom is 0.221 e. The van der Waals surface area contributed by atoms with Gasteiger partial charge in [0.05, 0.1) is 4.47 Å². The van der Waals surface area contributed by atoms with Gasteiger partial charge in [-0.3, -0.25) is 0 Å². The van der Waals surface area contributed by atoms with Crippen LogP contribution in [0.3, 0.4) is 0 Å². The number of nitrogens with one attached hydrogen (secondary N) is 1. The Bertz CT molecular complexity index is 402. The van der Waals surface area contributed by atoms with Gasteiger partial charge in [-0.2, -0.15) is 4.98 Å². The third kappa shape index (κ3) is 3.32. The highest BCUT2D eigenvalue weighted by Gasteiger charge is 2.24. The number of rotatable bonds is 4. The topological polar surface area (TPSA) is 84.1 Å². The zero-order valence-corrected chi connectivity index (χ0v) is 11.9. The predicted octanol–water partition coefficient (Wildman–Crippen LogP) is 2.03. The van der Waals surface area contributed by atoms with Gasteiger partial charge in [0.25, 0.3) is 0 Å². The van der Waals surface area contributed by atoms with E-state index in [1.807, 2.05) is 0 Å². The summed E-state index contributed by atoms with van der Waals surface area (Å²) in [6.45, 7) is 1.10. The van der Waals surface area contributed by atoms with E-state index in [9.17, 15) is 5.11 Å². The monoisotopic (exact) mass is 314 g/mol. The molecule has 5 nitrogen and oxygen atoms in total. The molecule has 0 amide bonds. The van der Waals surface area contributed by atoms with E-state index >= 15 is 0 Å². The molecule has 1 aliphatic carbocycles. The van der Waals surface area contributed by atoms with Crippen molar-refractivity contribution in [3.63, 3.8) is 0 Å². The summed E-state index contributed by atoms with van der Waals surface area (Å²) in [4.78, 5) is 8.06. The number of hydrogen-bond donors (Lipinski definition) is 3. The molecule has 2 unspecified atom stereocenters. The van der Waals surface area contributed by atoms with Crippen LogP contribution in [-0.2, 0) is 0 Å². The molecule has 18 heavy (non-hydrogen) atoms. The van der Waals surface area contributed by atoms with Crippen molar-refractivity contribution in [1.29, 1.82) is 0 Å². The SMILES string of the molecule is Nc1ncc(Br)c(NCC2CCCCC2CO)n1. The van der Waals surface area contributed by atoms with Crippen LogP contribution in [0.25, 0.3) is 0 Å². The molecule has 1 aromatic heterocycles.